The van der Waals surface area contributed by atoms with Gasteiger partial charge in [-0.2, -0.15) is 0 Å². The maximum Gasteiger partial charge on any atom is 0.317 e. The van der Waals surface area contributed by atoms with E-state index in [1.54, 1.807) is 24.3 Å². The first-order valence-corrected chi connectivity index (χ1v) is 6.79. The van der Waals surface area contributed by atoms with Gasteiger partial charge in [-0.3, -0.25) is 4.79 Å². The van der Waals surface area contributed by atoms with Crippen LogP contribution >= 0.6 is 0 Å². The first-order valence-electron chi connectivity index (χ1n) is 5.14. The molecule has 0 amide bonds. The Kier molecular flexibility index (Phi) is 4.65. The van der Waals surface area contributed by atoms with E-state index in [-0.39, 0.29) is 23.7 Å². The molecule has 17 heavy (non-hydrogen) atoms. The molecule has 6 heteroatoms. The van der Waals surface area contributed by atoms with Crippen molar-refractivity contribution in [3.8, 4) is 0 Å². The lowest BCUT2D eigenvalue weighted by Gasteiger charge is -2.05. The van der Waals surface area contributed by atoms with Crippen LogP contribution in [0.2, 0.25) is 0 Å². The predicted octanol–water partition coefficient (Wildman–Crippen LogP) is 0.443. The molecule has 1 aromatic carbocycles. The van der Waals surface area contributed by atoms with Gasteiger partial charge in [0.2, 0.25) is 0 Å². The van der Waals surface area contributed by atoms with Crippen LogP contribution in [-0.2, 0) is 14.6 Å². The Hall–Kier alpha value is -1.40. The molecule has 0 saturated heterocycles. The van der Waals surface area contributed by atoms with Crippen molar-refractivity contribution in [3.05, 3.63) is 29.8 Å². The van der Waals surface area contributed by atoms with Crippen LogP contribution in [0.3, 0.4) is 0 Å². The molecule has 0 aliphatic rings. The first-order chi connectivity index (χ1) is 7.92. The molecule has 0 aliphatic heterocycles. The van der Waals surface area contributed by atoms with E-state index in [1.807, 2.05) is 6.92 Å². The number of carbonyl (C=O) groups is 1. The van der Waals surface area contributed by atoms with E-state index in [2.05, 4.69) is 5.32 Å². The average molecular weight is 257 g/mol. The summed E-state index contributed by atoms with van der Waals surface area (Å²) in [6.45, 7) is 1.77. The monoisotopic (exact) mass is 257 g/mol. The second kappa shape index (κ2) is 5.79. The molecule has 0 unspecified atom stereocenters. The number of aryl methyl sites for hydroxylation is 1. The van der Waals surface area contributed by atoms with E-state index in [0.29, 0.717) is 0 Å². The molecule has 0 spiro atoms. The molecule has 2 N–H and O–H groups in total. The van der Waals surface area contributed by atoms with Crippen LogP contribution in [0, 0.1) is 6.92 Å². The van der Waals surface area contributed by atoms with Crippen LogP contribution < -0.4 is 5.32 Å². The van der Waals surface area contributed by atoms with E-state index in [9.17, 15) is 13.2 Å². The summed E-state index contributed by atoms with van der Waals surface area (Å²) >= 11 is 0. The van der Waals surface area contributed by atoms with Crippen LogP contribution in [0.15, 0.2) is 29.2 Å². The highest BCUT2D eigenvalue weighted by atomic mass is 32.2. The first kappa shape index (κ1) is 13.7. The topological polar surface area (TPSA) is 83.5 Å². The van der Waals surface area contributed by atoms with Crippen LogP contribution in [-0.4, -0.2) is 38.3 Å². The van der Waals surface area contributed by atoms with E-state index in [0.717, 1.165) is 5.56 Å². The smallest absolute Gasteiger partial charge is 0.317 e. The molecule has 0 fully saturated rings. The Morgan fingerprint density at radius 2 is 1.88 bits per heavy atom. The molecule has 0 bridgehead atoms. The van der Waals surface area contributed by atoms with Crippen LogP contribution in [0.5, 0.6) is 0 Å². The van der Waals surface area contributed by atoms with Gasteiger partial charge < -0.3 is 10.4 Å². The summed E-state index contributed by atoms with van der Waals surface area (Å²) in [5, 5.41) is 10.9. The molecule has 1 rings (SSSR count). The lowest BCUT2D eigenvalue weighted by Crippen LogP contribution is -2.28. The highest BCUT2D eigenvalue weighted by molar-refractivity contribution is 7.91. The minimum absolute atomic E-state index is 0.108. The average Bonchev–Trinajstić information content (AvgIpc) is 2.25. The fourth-order valence-electron chi connectivity index (χ4n) is 1.27. The molecular formula is C11H15NO4S. The number of nitrogens with one attached hydrogen (secondary N) is 1. The van der Waals surface area contributed by atoms with Crippen LogP contribution in [0.4, 0.5) is 0 Å². The van der Waals surface area contributed by atoms with E-state index in [1.165, 1.54) is 0 Å². The van der Waals surface area contributed by atoms with Crippen molar-refractivity contribution in [1.29, 1.82) is 0 Å². The van der Waals surface area contributed by atoms with Crippen molar-refractivity contribution in [2.24, 2.45) is 0 Å². The third kappa shape index (κ3) is 4.54. The van der Waals surface area contributed by atoms with Crippen molar-refractivity contribution in [2.45, 2.75) is 11.8 Å². The summed E-state index contributed by atoms with van der Waals surface area (Å²) in [7, 11) is -3.33. The predicted molar refractivity (Wildman–Crippen MR) is 63.7 cm³/mol. The van der Waals surface area contributed by atoms with Crippen LogP contribution in [0.1, 0.15) is 5.56 Å². The van der Waals surface area contributed by atoms with Gasteiger partial charge in [0.05, 0.1) is 17.2 Å². The van der Waals surface area contributed by atoms with Gasteiger partial charge in [0.15, 0.2) is 9.84 Å². The molecule has 1 aromatic rings. The fourth-order valence-corrected chi connectivity index (χ4v) is 2.46. The number of sulfone groups is 1. The Labute approximate surface area is 100 Å². The normalized spacial score (nSPS) is 11.4. The van der Waals surface area contributed by atoms with Gasteiger partial charge in [-0.1, -0.05) is 17.7 Å². The van der Waals surface area contributed by atoms with Gasteiger partial charge >= 0.3 is 5.97 Å². The van der Waals surface area contributed by atoms with Gasteiger partial charge in [0.25, 0.3) is 0 Å². The third-order valence-corrected chi connectivity index (χ3v) is 3.94. The second-order valence-electron chi connectivity index (χ2n) is 3.70. The minimum atomic E-state index is -3.33. The Morgan fingerprint density at radius 1 is 1.29 bits per heavy atom. The third-order valence-electron chi connectivity index (χ3n) is 2.20. The summed E-state index contributed by atoms with van der Waals surface area (Å²) in [5.41, 5.74) is 0.993. The molecular weight excluding hydrogens is 242 g/mol. The molecule has 0 aliphatic carbocycles. The quantitative estimate of drug-likeness (QED) is 0.723. The SMILES string of the molecule is Cc1ccc(S(=O)(=O)CCNCC(=O)O)cc1. The molecule has 0 radical (unpaired) electrons. The lowest BCUT2D eigenvalue weighted by molar-refractivity contribution is -0.135. The number of carboxylic acids is 1. The van der Waals surface area contributed by atoms with Crippen molar-refractivity contribution in [2.75, 3.05) is 18.8 Å². The summed E-state index contributed by atoms with van der Waals surface area (Å²) in [6, 6.07) is 6.58. The largest absolute Gasteiger partial charge is 0.480 e. The zero-order chi connectivity index (χ0) is 12.9. The zero-order valence-electron chi connectivity index (χ0n) is 9.51. The zero-order valence-corrected chi connectivity index (χ0v) is 10.3. The Morgan fingerprint density at radius 3 is 2.41 bits per heavy atom. The van der Waals surface area contributed by atoms with E-state index < -0.39 is 15.8 Å². The van der Waals surface area contributed by atoms with Gasteiger partial charge in [-0.15, -0.1) is 0 Å². The maximum absolute atomic E-state index is 11.8. The lowest BCUT2D eigenvalue weighted by atomic mass is 10.2. The number of hydrogen-bond acceptors (Lipinski definition) is 4. The number of carboxylic acid groups (broad SMARTS) is 1. The highest BCUT2D eigenvalue weighted by Crippen LogP contribution is 2.11. The molecule has 0 aromatic heterocycles. The summed E-state index contributed by atoms with van der Waals surface area (Å²) in [5.74, 6) is -1.11. The molecule has 94 valence electrons. The van der Waals surface area contributed by atoms with E-state index >= 15 is 0 Å². The van der Waals surface area contributed by atoms with Gasteiger partial charge in [0.1, 0.15) is 0 Å². The van der Waals surface area contributed by atoms with Crippen molar-refractivity contribution in [1.82, 2.24) is 5.32 Å². The molecule has 0 atom stereocenters. The summed E-state index contributed by atoms with van der Waals surface area (Å²) < 4.78 is 23.6. The fraction of sp³-hybridized carbons (Fsp3) is 0.364. The number of aliphatic carboxylic acids is 1. The van der Waals surface area contributed by atoms with Crippen molar-refractivity contribution >= 4 is 15.8 Å². The van der Waals surface area contributed by atoms with Crippen molar-refractivity contribution in [3.63, 3.8) is 0 Å². The molecule has 5 nitrogen and oxygen atoms in total. The van der Waals surface area contributed by atoms with E-state index in [4.69, 9.17) is 5.11 Å². The summed E-state index contributed by atoms with van der Waals surface area (Å²) in [4.78, 5) is 10.5. The van der Waals surface area contributed by atoms with Gasteiger partial charge in [0, 0.05) is 6.54 Å². The number of hydrogen-bond donors (Lipinski definition) is 2. The minimum Gasteiger partial charge on any atom is -0.480 e. The highest BCUT2D eigenvalue weighted by Gasteiger charge is 2.13. The maximum atomic E-state index is 11.8. The standard InChI is InChI=1S/C11H15NO4S/c1-9-2-4-10(5-3-9)17(15,16)7-6-12-8-11(13)14/h2-5,12H,6-8H2,1H3,(H,13,14). The van der Waals surface area contributed by atoms with Gasteiger partial charge in [-0.05, 0) is 19.1 Å². The second-order valence-corrected chi connectivity index (χ2v) is 5.81. The Bertz CT molecular complexity index is 479. The molecule has 0 heterocycles. The number of benzene rings is 1. The molecule has 0 saturated carbocycles. The van der Waals surface area contributed by atoms with Crippen LogP contribution in [0.25, 0.3) is 0 Å². The van der Waals surface area contributed by atoms with Gasteiger partial charge in [-0.25, -0.2) is 8.42 Å². The Balaban J connectivity index is 2.57. The number of rotatable bonds is 6. The summed E-state index contributed by atoms with van der Waals surface area (Å²) in [6.07, 6.45) is 0. The van der Waals surface area contributed by atoms with Crippen molar-refractivity contribution < 1.29 is 18.3 Å².